The van der Waals surface area contributed by atoms with Gasteiger partial charge in [-0.05, 0) is 28.1 Å². The van der Waals surface area contributed by atoms with Crippen molar-refractivity contribution in [1.82, 2.24) is 5.16 Å². The van der Waals surface area contributed by atoms with Crippen molar-refractivity contribution in [2.75, 3.05) is 0 Å². The summed E-state index contributed by atoms with van der Waals surface area (Å²) in [6, 6.07) is 5.51. The Morgan fingerprint density at radius 1 is 1.45 bits per heavy atom. The molecule has 1 heterocycles. The quantitative estimate of drug-likeness (QED) is 0.697. The Labute approximate surface area is 76.2 Å². The van der Waals surface area contributed by atoms with Crippen molar-refractivity contribution in [3.63, 3.8) is 0 Å². The first kappa shape index (κ1) is 7.13. The predicted octanol–water partition coefficient (Wildman–Crippen LogP) is 3.24. The number of para-hydroxylation sites is 1. The summed E-state index contributed by atoms with van der Waals surface area (Å²) in [5.74, 6) is 0. The molecule has 0 spiro atoms. The zero-order valence-corrected chi connectivity index (χ0v) is 7.69. The van der Waals surface area contributed by atoms with E-state index in [9.17, 15) is 0 Å². The molecule has 2 aromatic rings. The van der Waals surface area contributed by atoms with E-state index in [1.807, 2.05) is 12.1 Å². The third kappa shape index (κ3) is 1.04. The second kappa shape index (κ2) is 2.50. The number of fused-ring (bicyclic) bond motifs is 1. The van der Waals surface area contributed by atoms with Gasteiger partial charge in [0.25, 0.3) is 0 Å². The summed E-state index contributed by atoms with van der Waals surface area (Å²) in [5, 5.41) is 5.20. The van der Waals surface area contributed by atoms with E-state index in [1.165, 1.54) is 0 Å². The van der Waals surface area contributed by atoms with E-state index in [0.29, 0.717) is 15.2 Å². The summed E-state index contributed by atoms with van der Waals surface area (Å²) in [6.07, 6.45) is 0. The van der Waals surface area contributed by atoms with Crippen LogP contribution in [0.1, 0.15) is 0 Å². The van der Waals surface area contributed by atoms with Crippen molar-refractivity contribution in [2.45, 2.75) is 0 Å². The molecular weight excluding hydrogens is 229 g/mol. The lowest BCUT2D eigenvalue weighted by Gasteiger charge is -1.87. The first-order valence-corrected chi connectivity index (χ1v) is 4.15. The van der Waals surface area contributed by atoms with Gasteiger partial charge in [-0.25, -0.2) is 0 Å². The Bertz CT molecular complexity index is 398. The maximum Gasteiger partial charge on any atom is 0.186 e. The molecule has 0 saturated carbocycles. The monoisotopic (exact) mass is 231 g/mol. The van der Waals surface area contributed by atoms with Gasteiger partial charge in [-0.3, -0.25) is 0 Å². The SMILES string of the molecule is Clc1cccc2c(Br)noc12. The van der Waals surface area contributed by atoms with Crippen molar-refractivity contribution in [1.29, 1.82) is 0 Å². The van der Waals surface area contributed by atoms with E-state index in [4.69, 9.17) is 16.1 Å². The maximum absolute atomic E-state index is 5.82. The molecule has 2 rings (SSSR count). The number of halogens is 2. The standard InChI is InChI=1S/C7H3BrClNO/c8-7-4-2-1-3-5(9)6(4)11-10-7/h1-3H. The first-order chi connectivity index (χ1) is 5.29. The molecule has 0 bridgehead atoms. The van der Waals surface area contributed by atoms with Crippen molar-refractivity contribution in [3.8, 4) is 0 Å². The number of rotatable bonds is 0. The number of aromatic nitrogens is 1. The van der Waals surface area contributed by atoms with Crippen LogP contribution >= 0.6 is 27.5 Å². The lowest BCUT2D eigenvalue weighted by atomic mass is 10.3. The highest BCUT2D eigenvalue weighted by Crippen LogP contribution is 2.28. The molecule has 0 unspecified atom stereocenters. The van der Waals surface area contributed by atoms with Crippen LogP contribution < -0.4 is 0 Å². The molecule has 0 radical (unpaired) electrons. The van der Waals surface area contributed by atoms with Crippen LogP contribution in [-0.2, 0) is 0 Å². The molecule has 56 valence electrons. The van der Waals surface area contributed by atoms with Crippen LogP contribution in [0.15, 0.2) is 27.3 Å². The molecule has 1 aromatic carbocycles. The van der Waals surface area contributed by atoms with Crippen molar-refractivity contribution in [2.24, 2.45) is 0 Å². The van der Waals surface area contributed by atoms with E-state index in [1.54, 1.807) is 6.07 Å². The molecule has 11 heavy (non-hydrogen) atoms. The molecule has 4 heteroatoms. The molecule has 0 atom stereocenters. The highest BCUT2D eigenvalue weighted by molar-refractivity contribution is 9.10. The summed E-state index contributed by atoms with van der Waals surface area (Å²) in [6.45, 7) is 0. The molecule has 0 saturated heterocycles. The molecule has 0 aliphatic heterocycles. The second-order valence-corrected chi connectivity index (χ2v) is 3.25. The Morgan fingerprint density at radius 3 is 3.00 bits per heavy atom. The Balaban J connectivity index is 2.94. The molecule has 0 N–H and O–H groups in total. The van der Waals surface area contributed by atoms with Gasteiger partial charge in [-0.2, -0.15) is 0 Å². The second-order valence-electron chi connectivity index (χ2n) is 2.09. The summed E-state index contributed by atoms with van der Waals surface area (Å²) < 4.78 is 5.64. The van der Waals surface area contributed by atoms with Crippen LogP contribution in [0.4, 0.5) is 0 Å². The van der Waals surface area contributed by atoms with Crippen molar-refractivity contribution in [3.05, 3.63) is 27.8 Å². The van der Waals surface area contributed by atoms with Crippen molar-refractivity contribution >= 4 is 38.5 Å². The van der Waals surface area contributed by atoms with Crippen LogP contribution in [0.5, 0.6) is 0 Å². The zero-order valence-electron chi connectivity index (χ0n) is 5.34. The fraction of sp³-hybridized carbons (Fsp3) is 0. The molecule has 1 aromatic heterocycles. The molecule has 0 amide bonds. The minimum absolute atomic E-state index is 0.584. The van der Waals surface area contributed by atoms with E-state index in [2.05, 4.69) is 21.1 Å². The van der Waals surface area contributed by atoms with Gasteiger partial charge < -0.3 is 4.52 Å². The van der Waals surface area contributed by atoms with Gasteiger partial charge in [0.1, 0.15) is 0 Å². The highest BCUT2D eigenvalue weighted by atomic mass is 79.9. The minimum Gasteiger partial charge on any atom is -0.354 e. The van der Waals surface area contributed by atoms with Crippen LogP contribution in [0, 0.1) is 0 Å². The van der Waals surface area contributed by atoms with Crippen LogP contribution in [-0.4, -0.2) is 5.16 Å². The molecule has 0 aliphatic rings. The largest absolute Gasteiger partial charge is 0.354 e. The van der Waals surface area contributed by atoms with Gasteiger partial charge in [-0.15, -0.1) is 0 Å². The van der Waals surface area contributed by atoms with Crippen LogP contribution in [0.3, 0.4) is 0 Å². The van der Waals surface area contributed by atoms with Gasteiger partial charge in [0.15, 0.2) is 10.2 Å². The van der Waals surface area contributed by atoms with E-state index in [0.717, 1.165) is 5.39 Å². The predicted molar refractivity (Wildman–Crippen MR) is 46.7 cm³/mol. The van der Waals surface area contributed by atoms with Gasteiger partial charge in [0, 0.05) is 0 Å². The van der Waals surface area contributed by atoms with Gasteiger partial charge in [0.2, 0.25) is 0 Å². The Kier molecular flexibility index (Phi) is 1.62. The lowest BCUT2D eigenvalue weighted by Crippen LogP contribution is -1.65. The third-order valence-corrected chi connectivity index (χ3v) is 2.28. The maximum atomic E-state index is 5.82. The molecule has 2 nitrogen and oxygen atoms in total. The third-order valence-electron chi connectivity index (χ3n) is 1.41. The molecule has 0 aliphatic carbocycles. The van der Waals surface area contributed by atoms with Crippen LogP contribution in [0.2, 0.25) is 5.02 Å². The number of benzene rings is 1. The molecule has 0 fully saturated rings. The number of hydrogen-bond acceptors (Lipinski definition) is 2. The zero-order chi connectivity index (χ0) is 7.84. The average Bonchev–Trinajstić information content (AvgIpc) is 2.35. The first-order valence-electron chi connectivity index (χ1n) is 2.98. The number of hydrogen-bond donors (Lipinski definition) is 0. The Morgan fingerprint density at radius 2 is 2.27 bits per heavy atom. The normalized spacial score (nSPS) is 10.7. The average molecular weight is 232 g/mol. The molecular formula is C7H3BrClNO. The summed E-state index contributed by atoms with van der Waals surface area (Å²) in [5.41, 5.74) is 0.626. The number of nitrogens with zero attached hydrogens (tertiary/aromatic N) is 1. The minimum atomic E-state index is 0.584. The summed E-state index contributed by atoms with van der Waals surface area (Å²) in [4.78, 5) is 0. The fourth-order valence-electron chi connectivity index (χ4n) is 0.899. The summed E-state index contributed by atoms with van der Waals surface area (Å²) in [7, 11) is 0. The van der Waals surface area contributed by atoms with Gasteiger partial charge in [-0.1, -0.05) is 22.8 Å². The van der Waals surface area contributed by atoms with E-state index >= 15 is 0 Å². The topological polar surface area (TPSA) is 26.0 Å². The van der Waals surface area contributed by atoms with Gasteiger partial charge in [0.05, 0.1) is 10.4 Å². The fourth-order valence-corrected chi connectivity index (χ4v) is 1.49. The highest BCUT2D eigenvalue weighted by Gasteiger charge is 2.06. The Hall–Kier alpha value is -0.540. The van der Waals surface area contributed by atoms with Gasteiger partial charge >= 0.3 is 0 Å². The van der Waals surface area contributed by atoms with Crippen LogP contribution in [0.25, 0.3) is 11.0 Å². The summed E-state index contributed by atoms with van der Waals surface area (Å²) >= 11 is 9.05. The van der Waals surface area contributed by atoms with E-state index in [-0.39, 0.29) is 0 Å². The lowest BCUT2D eigenvalue weighted by molar-refractivity contribution is 0.451. The van der Waals surface area contributed by atoms with Crippen molar-refractivity contribution < 1.29 is 4.52 Å². The smallest absolute Gasteiger partial charge is 0.186 e. The van der Waals surface area contributed by atoms with E-state index < -0.39 is 0 Å².